The van der Waals surface area contributed by atoms with Gasteiger partial charge in [-0.1, -0.05) is 24.3 Å². The Bertz CT molecular complexity index is 784. The summed E-state index contributed by atoms with van der Waals surface area (Å²) in [5, 5.41) is 19.9. The van der Waals surface area contributed by atoms with Crippen LogP contribution in [0.5, 0.6) is 0 Å². The highest BCUT2D eigenvalue weighted by Crippen LogP contribution is 2.36. The van der Waals surface area contributed by atoms with Gasteiger partial charge in [0.25, 0.3) is 0 Å². The highest BCUT2D eigenvalue weighted by atomic mass is 16.7. The summed E-state index contributed by atoms with van der Waals surface area (Å²) < 4.78 is 12.0. The third-order valence-corrected chi connectivity index (χ3v) is 4.76. The summed E-state index contributed by atoms with van der Waals surface area (Å²) in [5.41, 5.74) is 1.21. The van der Waals surface area contributed by atoms with E-state index >= 15 is 0 Å². The Morgan fingerprint density at radius 2 is 1.68 bits per heavy atom. The van der Waals surface area contributed by atoms with Crippen LogP contribution in [0.25, 0.3) is 0 Å². The van der Waals surface area contributed by atoms with E-state index in [0.717, 1.165) is 11.2 Å². The number of carbonyl (C=O) groups is 1. The second kappa shape index (κ2) is 8.87. The maximum atomic E-state index is 11.2. The lowest BCUT2D eigenvalue weighted by molar-refractivity contribution is -0.114. The molecule has 7 nitrogen and oxygen atoms in total. The predicted molar refractivity (Wildman–Crippen MR) is 111 cm³/mol. The predicted octanol–water partition coefficient (Wildman–Crippen LogP) is 0.706. The van der Waals surface area contributed by atoms with Gasteiger partial charge in [-0.25, -0.2) is 0 Å². The quantitative estimate of drug-likeness (QED) is 0.674. The number of hydrogen-bond acceptors (Lipinski definition) is 6. The van der Waals surface area contributed by atoms with Crippen LogP contribution in [0.15, 0.2) is 48.8 Å². The first-order chi connectivity index (χ1) is 13.0. The Morgan fingerprint density at radius 3 is 2.14 bits per heavy atom. The molecule has 3 rings (SSSR count). The number of anilines is 1. The highest BCUT2D eigenvalue weighted by molar-refractivity contribution is 6.64. The lowest BCUT2D eigenvalue weighted by atomic mass is 9.78. The second-order valence-corrected chi connectivity index (χ2v) is 7.52. The lowest BCUT2D eigenvalue weighted by Crippen LogP contribution is -2.41. The molecule has 9 heteroatoms. The Balaban J connectivity index is 0.000000261. The van der Waals surface area contributed by atoms with Gasteiger partial charge < -0.3 is 24.7 Å². The van der Waals surface area contributed by atoms with Crippen molar-refractivity contribution in [2.45, 2.75) is 45.8 Å². The summed E-state index contributed by atoms with van der Waals surface area (Å²) in [6, 6.07) is 10.8. The standard InChI is InChI=1S/C14H20BNO3.C5H6BNO2/c1-10(17)16-12-9-7-6-8-11(12)15-18-13(2,3)14(4,5)19-15;8-6(9)5-2-1-3-7-4-5/h6-9H,1-5H3,(H,16,17);1-4,8-9H. The van der Waals surface area contributed by atoms with Crippen molar-refractivity contribution < 1.29 is 24.2 Å². The molecule has 1 amide bonds. The maximum absolute atomic E-state index is 11.2. The molecule has 2 aromatic rings. The lowest BCUT2D eigenvalue weighted by Gasteiger charge is -2.32. The van der Waals surface area contributed by atoms with Crippen LogP contribution in [0, 0.1) is 0 Å². The molecular weight excluding hydrogens is 358 g/mol. The summed E-state index contributed by atoms with van der Waals surface area (Å²) in [7, 11) is -1.87. The Labute approximate surface area is 166 Å². The molecule has 1 aliphatic rings. The van der Waals surface area contributed by atoms with Crippen LogP contribution in [0.1, 0.15) is 34.6 Å². The zero-order valence-corrected chi connectivity index (χ0v) is 16.8. The van der Waals surface area contributed by atoms with Crippen molar-refractivity contribution in [3.63, 3.8) is 0 Å². The largest absolute Gasteiger partial charge is 0.496 e. The van der Waals surface area contributed by atoms with Crippen LogP contribution in [0.3, 0.4) is 0 Å². The number of aromatic nitrogens is 1. The molecule has 1 aliphatic heterocycles. The van der Waals surface area contributed by atoms with Gasteiger partial charge in [0.05, 0.1) is 11.2 Å². The van der Waals surface area contributed by atoms with Gasteiger partial charge in [0.2, 0.25) is 5.91 Å². The third-order valence-electron chi connectivity index (χ3n) is 4.76. The van der Waals surface area contributed by atoms with Crippen molar-refractivity contribution in [1.82, 2.24) is 4.98 Å². The van der Waals surface area contributed by atoms with Gasteiger partial charge in [-0.3, -0.25) is 9.78 Å². The van der Waals surface area contributed by atoms with Crippen LogP contribution in [-0.4, -0.2) is 46.4 Å². The summed E-state index contributed by atoms with van der Waals surface area (Å²) in [4.78, 5) is 14.9. The van der Waals surface area contributed by atoms with Gasteiger partial charge in [-0.05, 0) is 39.8 Å². The van der Waals surface area contributed by atoms with Crippen LogP contribution in [0.4, 0.5) is 5.69 Å². The van der Waals surface area contributed by atoms with Gasteiger partial charge in [0, 0.05) is 35.9 Å². The van der Waals surface area contributed by atoms with Crippen molar-refractivity contribution in [2.75, 3.05) is 5.32 Å². The van der Waals surface area contributed by atoms with Crippen LogP contribution >= 0.6 is 0 Å². The molecule has 0 spiro atoms. The van der Waals surface area contributed by atoms with Crippen LogP contribution in [-0.2, 0) is 14.1 Å². The Kier molecular flexibility index (Phi) is 7.01. The van der Waals surface area contributed by atoms with Gasteiger partial charge in [-0.15, -0.1) is 0 Å². The molecule has 0 radical (unpaired) electrons. The fraction of sp³-hybridized carbons (Fsp3) is 0.368. The summed E-state index contributed by atoms with van der Waals surface area (Å²) >= 11 is 0. The number of carbonyl (C=O) groups excluding carboxylic acids is 1. The van der Waals surface area contributed by atoms with Crippen molar-refractivity contribution in [2.24, 2.45) is 0 Å². The molecule has 1 saturated heterocycles. The molecule has 0 aliphatic carbocycles. The minimum atomic E-state index is -1.40. The first-order valence-electron chi connectivity index (χ1n) is 9.02. The Hall–Kier alpha value is -2.19. The van der Waals surface area contributed by atoms with E-state index in [1.807, 2.05) is 52.0 Å². The normalized spacial score (nSPS) is 16.8. The number of rotatable bonds is 3. The van der Waals surface area contributed by atoms with E-state index in [-0.39, 0.29) is 17.1 Å². The number of nitrogens with zero attached hydrogens (tertiary/aromatic N) is 1. The molecule has 3 N–H and O–H groups in total. The van der Waals surface area contributed by atoms with Gasteiger partial charge in [0.1, 0.15) is 0 Å². The van der Waals surface area contributed by atoms with E-state index in [1.165, 1.54) is 13.1 Å². The fourth-order valence-electron chi connectivity index (χ4n) is 2.50. The zero-order valence-electron chi connectivity index (χ0n) is 16.8. The minimum absolute atomic E-state index is 0.107. The molecule has 28 heavy (non-hydrogen) atoms. The van der Waals surface area contributed by atoms with Crippen LogP contribution < -0.4 is 16.2 Å². The topological polar surface area (TPSA) is 101 Å². The third kappa shape index (κ3) is 5.42. The molecule has 0 bridgehead atoms. The number of nitrogens with one attached hydrogen (secondary N) is 1. The van der Waals surface area contributed by atoms with Crippen molar-refractivity contribution >= 4 is 36.8 Å². The summed E-state index contributed by atoms with van der Waals surface area (Å²) in [6.07, 6.45) is 2.98. The monoisotopic (exact) mass is 384 g/mol. The van der Waals surface area contributed by atoms with E-state index < -0.39 is 14.2 Å². The molecular formula is C19H26B2N2O5. The van der Waals surface area contributed by atoms with E-state index in [2.05, 4.69) is 10.3 Å². The summed E-state index contributed by atoms with van der Waals surface area (Å²) in [6.45, 7) is 9.52. The van der Waals surface area contributed by atoms with Crippen LogP contribution in [0.2, 0.25) is 0 Å². The SMILES string of the molecule is CC(=O)Nc1ccccc1B1OC(C)(C)C(C)(C)O1.OB(O)c1cccnc1. The molecule has 148 valence electrons. The smallest absolute Gasteiger partial charge is 0.423 e. The number of benzene rings is 1. The minimum Gasteiger partial charge on any atom is -0.423 e. The van der Waals surface area contributed by atoms with E-state index in [9.17, 15) is 4.79 Å². The van der Waals surface area contributed by atoms with E-state index in [4.69, 9.17) is 19.4 Å². The van der Waals surface area contributed by atoms with Gasteiger partial charge in [-0.2, -0.15) is 0 Å². The van der Waals surface area contributed by atoms with Crippen molar-refractivity contribution in [3.05, 3.63) is 48.8 Å². The first-order valence-corrected chi connectivity index (χ1v) is 9.02. The molecule has 0 saturated carbocycles. The average molecular weight is 384 g/mol. The van der Waals surface area contributed by atoms with Crippen molar-refractivity contribution in [1.29, 1.82) is 0 Å². The highest BCUT2D eigenvalue weighted by Gasteiger charge is 2.52. The number of hydrogen-bond donors (Lipinski definition) is 3. The number of pyridine rings is 1. The molecule has 1 aromatic heterocycles. The van der Waals surface area contributed by atoms with E-state index in [0.29, 0.717) is 5.46 Å². The first kappa shape index (κ1) is 22.1. The molecule has 0 atom stereocenters. The zero-order chi connectivity index (χ0) is 20.9. The fourth-order valence-corrected chi connectivity index (χ4v) is 2.50. The average Bonchev–Trinajstić information content (AvgIpc) is 2.84. The molecule has 0 unspecified atom stereocenters. The molecule has 1 aromatic carbocycles. The van der Waals surface area contributed by atoms with E-state index in [1.54, 1.807) is 18.3 Å². The maximum Gasteiger partial charge on any atom is 0.496 e. The van der Waals surface area contributed by atoms with Gasteiger partial charge in [0.15, 0.2) is 0 Å². The molecule has 2 heterocycles. The molecule has 1 fully saturated rings. The Morgan fingerprint density at radius 1 is 1.07 bits per heavy atom. The van der Waals surface area contributed by atoms with Crippen molar-refractivity contribution in [3.8, 4) is 0 Å². The second-order valence-electron chi connectivity index (χ2n) is 7.52. The summed E-state index contributed by atoms with van der Waals surface area (Å²) in [5.74, 6) is -0.107. The number of amides is 1. The van der Waals surface area contributed by atoms with Gasteiger partial charge >= 0.3 is 14.2 Å². The number of para-hydroxylation sites is 1.